The number of rotatable bonds is 9. The van der Waals surface area contributed by atoms with Gasteiger partial charge < -0.3 is 5.32 Å². The number of thiophene rings is 1. The molecule has 0 saturated heterocycles. The molecule has 2 aromatic rings. The lowest BCUT2D eigenvalue weighted by Crippen LogP contribution is -2.27. The molecule has 8 heteroatoms. The molecule has 0 unspecified atom stereocenters. The van der Waals surface area contributed by atoms with Crippen molar-refractivity contribution in [2.45, 2.75) is 63.6 Å². The molecule has 1 aliphatic carbocycles. The molecule has 0 aromatic carbocycles. The monoisotopic (exact) mass is 404 g/mol. The maximum absolute atomic E-state index is 13.2. The molecular formula is C19H24N4O2S2. The zero-order chi connectivity index (χ0) is 19.2. The molecule has 3 rings (SSSR count). The van der Waals surface area contributed by atoms with Crippen LogP contribution in [0.5, 0.6) is 0 Å². The summed E-state index contributed by atoms with van der Waals surface area (Å²) in [5, 5.41) is 12.7. The third-order valence-corrected chi connectivity index (χ3v) is 6.83. The first kappa shape index (κ1) is 19.9. The minimum Gasteiger partial charge on any atom is -0.354 e. The van der Waals surface area contributed by atoms with Crippen LogP contribution in [-0.4, -0.2) is 27.8 Å². The third-order valence-electron chi connectivity index (χ3n) is 4.67. The molecule has 1 amide bonds. The van der Waals surface area contributed by atoms with Gasteiger partial charge >= 0.3 is 0 Å². The number of carbonyl (C=O) groups excluding carboxylic acids is 1. The Balaban J connectivity index is 1.86. The second-order valence-electron chi connectivity index (χ2n) is 6.64. The van der Waals surface area contributed by atoms with E-state index in [9.17, 15) is 9.59 Å². The van der Waals surface area contributed by atoms with Gasteiger partial charge in [-0.3, -0.25) is 14.2 Å². The van der Waals surface area contributed by atoms with E-state index >= 15 is 0 Å². The zero-order valence-electron chi connectivity index (χ0n) is 15.5. The fraction of sp³-hybridized carbons (Fsp3) is 0.579. The number of nitrogens with one attached hydrogen (secondary N) is 1. The number of hydrogen-bond donors (Lipinski definition) is 1. The minimum atomic E-state index is -0.140. The summed E-state index contributed by atoms with van der Waals surface area (Å²) in [6.45, 7) is 3.12. The lowest BCUT2D eigenvalue weighted by Gasteiger charge is -2.12. The van der Waals surface area contributed by atoms with Crippen molar-refractivity contribution in [3.05, 3.63) is 20.8 Å². The Bertz CT molecular complexity index is 926. The van der Waals surface area contributed by atoms with Gasteiger partial charge in [0, 0.05) is 18.0 Å². The topological polar surface area (TPSA) is 87.8 Å². The number of hydrogen-bond acceptors (Lipinski definition) is 6. The Morgan fingerprint density at radius 2 is 2.26 bits per heavy atom. The summed E-state index contributed by atoms with van der Waals surface area (Å²) in [6.07, 6.45) is 6.49. The van der Waals surface area contributed by atoms with Crippen LogP contribution in [0, 0.1) is 11.3 Å². The molecule has 0 radical (unpaired) electrons. The van der Waals surface area contributed by atoms with Crippen LogP contribution < -0.4 is 10.9 Å². The highest BCUT2D eigenvalue weighted by Gasteiger charge is 2.23. The van der Waals surface area contributed by atoms with Gasteiger partial charge in [0.1, 0.15) is 4.83 Å². The normalized spacial score (nSPS) is 12.9. The van der Waals surface area contributed by atoms with Gasteiger partial charge in [-0.25, -0.2) is 4.98 Å². The van der Waals surface area contributed by atoms with Gasteiger partial charge in [-0.15, -0.1) is 11.3 Å². The molecule has 1 aliphatic rings. The van der Waals surface area contributed by atoms with Crippen molar-refractivity contribution in [2.75, 3.05) is 12.3 Å². The molecule has 0 spiro atoms. The average molecular weight is 405 g/mol. The Hall–Kier alpha value is -1.85. The number of carbonyl (C=O) groups is 1. The highest BCUT2D eigenvalue weighted by molar-refractivity contribution is 7.99. The Labute approximate surface area is 167 Å². The van der Waals surface area contributed by atoms with Crippen LogP contribution in [0.15, 0.2) is 9.95 Å². The van der Waals surface area contributed by atoms with E-state index in [4.69, 9.17) is 10.2 Å². The standard InChI is InChI=1S/C19H24N4O2S2/c1-2-3-4-11-23-18(25)16-13-7-5-8-14(13)27-17(16)22-19(23)26-12-15(24)21-10-6-9-20/h2-8,10-12H2,1H3,(H,21,24). The van der Waals surface area contributed by atoms with Crippen molar-refractivity contribution in [2.24, 2.45) is 0 Å². The highest BCUT2D eigenvalue weighted by atomic mass is 32.2. The molecule has 2 aromatic heterocycles. The molecule has 0 bridgehead atoms. The van der Waals surface area contributed by atoms with Crippen LogP contribution in [0.2, 0.25) is 0 Å². The van der Waals surface area contributed by atoms with Crippen LogP contribution in [0.3, 0.4) is 0 Å². The number of thioether (sulfide) groups is 1. The summed E-state index contributed by atoms with van der Waals surface area (Å²) in [7, 11) is 0. The van der Waals surface area contributed by atoms with Crippen molar-refractivity contribution in [1.82, 2.24) is 14.9 Å². The van der Waals surface area contributed by atoms with Crippen molar-refractivity contribution < 1.29 is 4.79 Å². The van der Waals surface area contributed by atoms with E-state index in [1.54, 1.807) is 15.9 Å². The predicted molar refractivity (Wildman–Crippen MR) is 109 cm³/mol. The molecule has 0 aliphatic heterocycles. The second-order valence-corrected chi connectivity index (χ2v) is 8.67. The number of aryl methyl sites for hydroxylation is 2. The maximum atomic E-state index is 13.2. The van der Waals surface area contributed by atoms with E-state index in [0.29, 0.717) is 24.7 Å². The Morgan fingerprint density at radius 3 is 3.04 bits per heavy atom. The van der Waals surface area contributed by atoms with Gasteiger partial charge in [0.25, 0.3) is 5.56 Å². The molecule has 27 heavy (non-hydrogen) atoms. The summed E-state index contributed by atoms with van der Waals surface area (Å²) >= 11 is 2.93. The molecular weight excluding hydrogens is 380 g/mol. The van der Waals surface area contributed by atoms with Crippen molar-refractivity contribution in [1.29, 1.82) is 5.26 Å². The van der Waals surface area contributed by atoms with Crippen molar-refractivity contribution in [3.8, 4) is 6.07 Å². The molecule has 0 fully saturated rings. The average Bonchev–Trinajstić information content (AvgIpc) is 3.23. The molecule has 0 saturated carbocycles. The van der Waals surface area contributed by atoms with Crippen LogP contribution in [0.25, 0.3) is 10.2 Å². The SMILES string of the molecule is CCCCCn1c(SCC(=O)NCCC#N)nc2sc3c(c2c1=O)CCC3. The van der Waals surface area contributed by atoms with Gasteiger partial charge in [-0.2, -0.15) is 5.26 Å². The Morgan fingerprint density at radius 1 is 1.41 bits per heavy atom. The molecule has 1 N–H and O–H groups in total. The maximum Gasteiger partial charge on any atom is 0.263 e. The van der Waals surface area contributed by atoms with Crippen LogP contribution in [0.1, 0.15) is 49.5 Å². The number of unbranched alkanes of at least 4 members (excludes halogenated alkanes) is 2. The zero-order valence-corrected chi connectivity index (χ0v) is 17.2. The lowest BCUT2D eigenvalue weighted by atomic mass is 10.2. The quantitative estimate of drug-likeness (QED) is 0.394. The largest absolute Gasteiger partial charge is 0.354 e. The molecule has 144 valence electrons. The lowest BCUT2D eigenvalue weighted by molar-refractivity contribution is -0.118. The third kappa shape index (κ3) is 4.53. The number of amides is 1. The summed E-state index contributed by atoms with van der Waals surface area (Å²) < 4.78 is 1.76. The highest BCUT2D eigenvalue weighted by Crippen LogP contribution is 2.35. The van der Waals surface area contributed by atoms with Crippen LogP contribution in [0.4, 0.5) is 0 Å². The molecule has 2 heterocycles. The van der Waals surface area contributed by atoms with Gasteiger partial charge in [-0.1, -0.05) is 31.5 Å². The number of nitrogens with zero attached hydrogens (tertiary/aromatic N) is 3. The van der Waals surface area contributed by atoms with Gasteiger partial charge in [-0.05, 0) is 31.2 Å². The van der Waals surface area contributed by atoms with Gasteiger partial charge in [0.15, 0.2) is 5.16 Å². The predicted octanol–water partition coefficient (Wildman–Crippen LogP) is 3.26. The number of fused-ring (bicyclic) bond motifs is 3. The first-order valence-corrected chi connectivity index (χ1v) is 11.3. The van der Waals surface area contributed by atoms with Crippen LogP contribution in [-0.2, 0) is 24.2 Å². The number of aromatic nitrogens is 2. The summed E-state index contributed by atoms with van der Waals surface area (Å²) in [5.41, 5.74) is 1.24. The fourth-order valence-electron chi connectivity index (χ4n) is 3.32. The molecule has 6 nitrogen and oxygen atoms in total. The van der Waals surface area contributed by atoms with Gasteiger partial charge in [0.2, 0.25) is 5.91 Å². The van der Waals surface area contributed by atoms with E-state index in [0.717, 1.165) is 48.7 Å². The second kappa shape index (κ2) is 9.38. The first-order chi connectivity index (χ1) is 13.2. The van der Waals surface area contributed by atoms with Crippen molar-refractivity contribution >= 4 is 39.2 Å². The van der Waals surface area contributed by atoms with E-state index in [1.165, 1.54) is 22.2 Å². The number of nitriles is 1. The first-order valence-electron chi connectivity index (χ1n) is 9.47. The molecule has 0 atom stereocenters. The van der Waals surface area contributed by atoms with Crippen molar-refractivity contribution in [3.63, 3.8) is 0 Å². The smallest absolute Gasteiger partial charge is 0.263 e. The van der Waals surface area contributed by atoms with E-state index in [2.05, 4.69) is 12.2 Å². The van der Waals surface area contributed by atoms with Gasteiger partial charge in [0.05, 0.1) is 23.6 Å². The van der Waals surface area contributed by atoms with E-state index < -0.39 is 0 Å². The Kier molecular flexibility index (Phi) is 6.91. The fourth-order valence-corrected chi connectivity index (χ4v) is 5.48. The summed E-state index contributed by atoms with van der Waals surface area (Å²) in [4.78, 5) is 32.0. The summed E-state index contributed by atoms with van der Waals surface area (Å²) in [6, 6.07) is 2.00. The minimum absolute atomic E-state index is 0.0443. The van der Waals surface area contributed by atoms with Crippen LogP contribution >= 0.6 is 23.1 Å². The summed E-state index contributed by atoms with van der Waals surface area (Å²) in [5.74, 6) is 0.0563. The van der Waals surface area contributed by atoms with E-state index in [1.807, 2.05) is 6.07 Å². The van der Waals surface area contributed by atoms with E-state index in [-0.39, 0.29) is 17.2 Å².